The van der Waals surface area contributed by atoms with E-state index in [0.717, 1.165) is 6.42 Å². The monoisotopic (exact) mass is 266 g/mol. The molecule has 1 rings (SSSR count). The van der Waals surface area contributed by atoms with Crippen molar-refractivity contribution in [3.63, 3.8) is 0 Å². The van der Waals surface area contributed by atoms with Crippen molar-refractivity contribution < 1.29 is 14.8 Å². The number of hydrogen-bond acceptors (Lipinski definition) is 4. The Kier molecular flexibility index (Phi) is 4.86. The van der Waals surface area contributed by atoms with Gasteiger partial charge in [0.2, 0.25) is 0 Å². The Bertz CT molecular complexity index is 486. The van der Waals surface area contributed by atoms with E-state index >= 15 is 0 Å². The van der Waals surface area contributed by atoms with E-state index in [1.807, 2.05) is 6.92 Å². The van der Waals surface area contributed by atoms with E-state index in [1.54, 1.807) is 0 Å². The number of aromatic carboxylic acids is 1. The number of nitro groups is 1. The zero-order valence-corrected chi connectivity index (χ0v) is 11.2. The molecule has 1 unspecified atom stereocenters. The number of carboxylic acid groups (broad SMARTS) is 1. The Morgan fingerprint density at radius 1 is 1.42 bits per heavy atom. The first-order chi connectivity index (χ1) is 8.81. The van der Waals surface area contributed by atoms with Crippen molar-refractivity contribution in [2.75, 3.05) is 5.32 Å². The van der Waals surface area contributed by atoms with Crippen molar-refractivity contribution in [2.45, 2.75) is 33.2 Å². The van der Waals surface area contributed by atoms with Gasteiger partial charge in [0.05, 0.1) is 16.2 Å². The third-order valence-corrected chi connectivity index (χ3v) is 2.67. The maximum absolute atomic E-state index is 11.1. The summed E-state index contributed by atoms with van der Waals surface area (Å²) in [5.41, 5.74) is 0.209. The van der Waals surface area contributed by atoms with E-state index in [0.29, 0.717) is 5.92 Å². The molecule has 1 aromatic carbocycles. The molecule has 6 heteroatoms. The molecule has 1 aromatic rings. The normalized spacial score (nSPS) is 12.2. The van der Waals surface area contributed by atoms with Crippen LogP contribution in [0.4, 0.5) is 11.4 Å². The number of non-ortho nitro benzene ring substituents is 1. The highest BCUT2D eigenvalue weighted by atomic mass is 16.6. The predicted octanol–water partition coefficient (Wildman–Crippen LogP) is 3.14. The maximum Gasteiger partial charge on any atom is 0.337 e. The largest absolute Gasteiger partial charge is 0.478 e. The van der Waals surface area contributed by atoms with Crippen molar-refractivity contribution in [1.82, 2.24) is 0 Å². The second-order valence-electron chi connectivity index (χ2n) is 4.97. The number of nitrogens with zero attached hydrogens (tertiary/aromatic N) is 1. The SMILES string of the molecule is CC(C)CC(C)Nc1cc([N+](=O)[O-])ccc1C(=O)O. The standard InChI is InChI=1S/C13H18N2O4/c1-8(2)6-9(3)14-12-7-10(15(18)19)4-5-11(12)13(16)17/h4-5,7-9,14H,6H2,1-3H3,(H,16,17). The third kappa shape index (κ3) is 4.24. The lowest BCUT2D eigenvalue weighted by Gasteiger charge is -2.18. The Balaban J connectivity index is 3.04. The van der Waals surface area contributed by atoms with Gasteiger partial charge in [-0.15, -0.1) is 0 Å². The Hall–Kier alpha value is -2.11. The molecular weight excluding hydrogens is 248 g/mol. The molecule has 104 valence electrons. The first-order valence-electron chi connectivity index (χ1n) is 6.09. The summed E-state index contributed by atoms with van der Waals surface area (Å²) in [5.74, 6) is -0.649. The average molecular weight is 266 g/mol. The summed E-state index contributed by atoms with van der Waals surface area (Å²) in [4.78, 5) is 21.3. The summed E-state index contributed by atoms with van der Waals surface area (Å²) in [6.45, 7) is 6.04. The lowest BCUT2D eigenvalue weighted by Crippen LogP contribution is -2.19. The van der Waals surface area contributed by atoms with Crippen LogP contribution >= 0.6 is 0 Å². The van der Waals surface area contributed by atoms with Crippen LogP contribution in [0.15, 0.2) is 18.2 Å². The average Bonchev–Trinajstić information content (AvgIpc) is 2.26. The van der Waals surface area contributed by atoms with E-state index in [2.05, 4.69) is 19.2 Å². The number of rotatable bonds is 6. The lowest BCUT2D eigenvalue weighted by molar-refractivity contribution is -0.384. The van der Waals surface area contributed by atoms with E-state index in [9.17, 15) is 14.9 Å². The number of benzene rings is 1. The van der Waals surface area contributed by atoms with Crippen LogP contribution in [0.1, 0.15) is 37.6 Å². The van der Waals surface area contributed by atoms with Gasteiger partial charge in [0, 0.05) is 18.2 Å². The van der Waals surface area contributed by atoms with Gasteiger partial charge in [-0.05, 0) is 25.3 Å². The Morgan fingerprint density at radius 2 is 2.05 bits per heavy atom. The Morgan fingerprint density at radius 3 is 2.53 bits per heavy atom. The number of carboxylic acids is 1. The smallest absolute Gasteiger partial charge is 0.337 e. The summed E-state index contributed by atoms with van der Waals surface area (Å²) in [5, 5.41) is 22.8. The highest BCUT2D eigenvalue weighted by Gasteiger charge is 2.17. The first-order valence-corrected chi connectivity index (χ1v) is 6.09. The Labute approximate surface area is 111 Å². The molecule has 0 saturated carbocycles. The van der Waals surface area contributed by atoms with Crippen LogP contribution in [0, 0.1) is 16.0 Å². The predicted molar refractivity (Wildman–Crippen MR) is 72.6 cm³/mol. The fraction of sp³-hybridized carbons (Fsp3) is 0.462. The van der Waals surface area contributed by atoms with E-state index < -0.39 is 10.9 Å². The van der Waals surface area contributed by atoms with Gasteiger partial charge in [-0.3, -0.25) is 10.1 Å². The summed E-state index contributed by atoms with van der Waals surface area (Å²) in [6, 6.07) is 3.76. The second kappa shape index (κ2) is 6.17. The van der Waals surface area contributed by atoms with Crippen LogP contribution in [0.5, 0.6) is 0 Å². The quantitative estimate of drug-likeness (QED) is 0.609. The van der Waals surface area contributed by atoms with Crippen LogP contribution in [-0.2, 0) is 0 Å². The molecule has 1 atom stereocenters. The van der Waals surface area contributed by atoms with Gasteiger partial charge in [-0.1, -0.05) is 13.8 Å². The van der Waals surface area contributed by atoms with Crippen LogP contribution in [-0.4, -0.2) is 22.0 Å². The zero-order chi connectivity index (χ0) is 14.6. The minimum Gasteiger partial charge on any atom is -0.478 e. The lowest BCUT2D eigenvalue weighted by atomic mass is 10.0. The molecule has 0 amide bonds. The molecule has 6 nitrogen and oxygen atoms in total. The molecule has 0 bridgehead atoms. The van der Waals surface area contributed by atoms with Crippen molar-refractivity contribution in [2.24, 2.45) is 5.92 Å². The molecule has 0 aliphatic heterocycles. The van der Waals surface area contributed by atoms with Crippen molar-refractivity contribution in [3.05, 3.63) is 33.9 Å². The van der Waals surface area contributed by atoms with Gasteiger partial charge in [0.1, 0.15) is 0 Å². The fourth-order valence-corrected chi connectivity index (χ4v) is 1.98. The molecule has 19 heavy (non-hydrogen) atoms. The maximum atomic E-state index is 11.1. The van der Waals surface area contributed by atoms with E-state index in [4.69, 9.17) is 5.11 Å². The second-order valence-corrected chi connectivity index (χ2v) is 4.97. The number of anilines is 1. The number of nitro benzene ring substituents is 1. The van der Waals surface area contributed by atoms with Gasteiger partial charge < -0.3 is 10.4 Å². The zero-order valence-electron chi connectivity index (χ0n) is 11.2. The molecule has 0 radical (unpaired) electrons. The van der Waals surface area contributed by atoms with E-state index in [1.165, 1.54) is 18.2 Å². The van der Waals surface area contributed by atoms with Gasteiger partial charge >= 0.3 is 5.97 Å². The van der Waals surface area contributed by atoms with Crippen LogP contribution in [0.2, 0.25) is 0 Å². The van der Waals surface area contributed by atoms with Crippen LogP contribution < -0.4 is 5.32 Å². The highest BCUT2D eigenvalue weighted by Crippen LogP contribution is 2.24. The molecule has 0 aromatic heterocycles. The van der Waals surface area contributed by atoms with Crippen molar-refractivity contribution in [3.8, 4) is 0 Å². The molecule has 0 heterocycles. The molecule has 0 aliphatic rings. The van der Waals surface area contributed by atoms with Crippen molar-refractivity contribution in [1.29, 1.82) is 0 Å². The van der Waals surface area contributed by atoms with Gasteiger partial charge in [0.25, 0.3) is 5.69 Å². The molecule has 0 spiro atoms. The third-order valence-electron chi connectivity index (χ3n) is 2.67. The number of carbonyl (C=O) groups is 1. The van der Waals surface area contributed by atoms with Gasteiger partial charge in [-0.25, -0.2) is 4.79 Å². The molecule has 2 N–H and O–H groups in total. The molecule has 0 fully saturated rings. The summed E-state index contributed by atoms with van der Waals surface area (Å²) >= 11 is 0. The summed E-state index contributed by atoms with van der Waals surface area (Å²) in [6.07, 6.45) is 0.849. The minimum atomic E-state index is -1.10. The highest BCUT2D eigenvalue weighted by molar-refractivity contribution is 5.94. The van der Waals surface area contributed by atoms with Gasteiger partial charge in [0.15, 0.2) is 0 Å². The van der Waals surface area contributed by atoms with Gasteiger partial charge in [-0.2, -0.15) is 0 Å². The topological polar surface area (TPSA) is 92.5 Å². The number of hydrogen-bond donors (Lipinski definition) is 2. The summed E-state index contributed by atoms with van der Waals surface area (Å²) in [7, 11) is 0. The molecular formula is C13H18N2O4. The van der Waals surface area contributed by atoms with Crippen molar-refractivity contribution >= 4 is 17.3 Å². The molecule has 0 saturated heterocycles. The van der Waals surface area contributed by atoms with Crippen LogP contribution in [0.25, 0.3) is 0 Å². The minimum absolute atomic E-state index is 0.0418. The van der Waals surface area contributed by atoms with E-state index in [-0.39, 0.29) is 23.0 Å². The molecule has 0 aliphatic carbocycles. The first kappa shape index (κ1) is 14.9. The summed E-state index contributed by atoms with van der Waals surface area (Å²) < 4.78 is 0. The van der Waals surface area contributed by atoms with Crippen LogP contribution in [0.3, 0.4) is 0 Å². The number of nitrogens with one attached hydrogen (secondary N) is 1. The fourth-order valence-electron chi connectivity index (χ4n) is 1.98.